The third-order valence-corrected chi connectivity index (χ3v) is 5.67. The van der Waals surface area contributed by atoms with Crippen molar-refractivity contribution >= 4 is 17.2 Å². The fourth-order valence-corrected chi connectivity index (χ4v) is 4.28. The third kappa shape index (κ3) is 3.99. The summed E-state index contributed by atoms with van der Waals surface area (Å²) in [5.74, 6) is 1.34. The second-order valence-electron chi connectivity index (χ2n) is 6.79. The van der Waals surface area contributed by atoms with Crippen LogP contribution in [-0.2, 0) is 6.18 Å². The van der Waals surface area contributed by atoms with Gasteiger partial charge in [0, 0.05) is 54.1 Å². The molecule has 0 N–H and O–H groups in total. The molecule has 0 amide bonds. The Morgan fingerprint density at radius 1 is 1.21 bits per heavy atom. The van der Waals surface area contributed by atoms with Crippen LogP contribution in [0.5, 0.6) is 0 Å². The van der Waals surface area contributed by atoms with Crippen LogP contribution in [0, 0.1) is 6.92 Å². The number of rotatable bonds is 3. The predicted octanol–water partition coefficient (Wildman–Crippen LogP) is 4.71. The zero-order valence-corrected chi connectivity index (χ0v) is 16.0. The number of halogens is 3. The molecule has 0 spiro atoms. The van der Waals surface area contributed by atoms with Gasteiger partial charge in [-0.3, -0.25) is 4.98 Å². The number of piperidine rings is 1. The molecule has 1 unspecified atom stereocenters. The van der Waals surface area contributed by atoms with Crippen LogP contribution in [0.3, 0.4) is 0 Å². The van der Waals surface area contributed by atoms with Gasteiger partial charge >= 0.3 is 6.18 Å². The molecule has 0 aromatic carbocycles. The number of hydrogen-bond donors (Lipinski definition) is 0. The van der Waals surface area contributed by atoms with Crippen molar-refractivity contribution in [3.8, 4) is 11.4 Å². The third-order valence-electron chi connectivity index (χ3n) is 4.67. The van der Waals surface area contributed by atoms with Crippen LogP contribution >= 0.6 is 11.3 Å². The molecular formula is C19H18F3N5S. The molecule has 9 heteroatoms. The number of thiazole rings is 1. The van der Waals surface area contributed by atoms with Gasteiger partial charge in [-0.2, -0.15) is 13.2 Å². The van der Waals surface area contributed by atoms with E-state index in [9.17, 15) is 13.2 Å². The second-order valence-corrected chi connectivity index (χ2v) is 7.68. The number of anilines is 1. The van der Waals surface area contributed by atoms with E-state index in [0.717, 1.165) is 53.2 Å². The minimum absolute atomic E-state index is 0.0352. The average Bonchev–Trinajstić information content (AvgIpc) is 3.19. The quantitative estimate of drug-likeness (QED) is 0.632. The van der Waals surface area contributed by atoms with Crippen molar-refractivity contribution in [2.45, 2.75) is 31.9 Å². The predicted molar refractivity (Wildman–Crippen MR) is 101 cm³/mol. The van der Waals surface area contributed by atoms with Crippen LogP contribution in [-0.4, -0.2) is 33.0 Å². The zero-order chi connectivity index (χ0) is 19.7. The van der Waals surface area contributed by atoms with Crippen LogP contribution in [0.25, 0.3) is 11.4 Å². The van der Waals surface area contributed by atoms with E-state index in [2.05, 4.69) is 24.8 Å². The highest BCUT2D eigenvalue weighted by atomic mass is 32.1. The number of alkyl halides is 3. The van der Waals surface area contributed by atoms with Gasteiger partial charge in [0.2, 0.25) is 0 Å². The van der Waals surface area contributed by atoms with Gasteiger partial charge in [0.25, 0.3) is 0 Å². The Morgan fingerprint density at radius 2 is 2.07 bits per heavy atom. The normalized spacial score (nSPS) is 17.7. The molecule has 0 bridgehead atoms. The summed E-state index contributed by atoms with van der Waals surface area (Å²) in [5, 5.41) is 1.64. The smallest absolute Gasteiger partial charge is 0.356 e. The first-order valence-corrected chi connectivity index (χ1v) is 9.82. The Kier molecular flexibility index (Phi) is 5.01. The first-order chi connectivity index (χ1) is 13.4. The van der Waals surface area contributed by atoms with Crippen LogP contribution in [0.2, 0.25) is 0 Å². The van der Waals surface area contributed by atoms with Crippen LogP contribution in [0.1, 0.15) is 35.2 Å². The SMILES string of the molecule is Cc1cc(N2CCCC(c3nc(C(F)(F)F)cs3)C2)nc(-c2cccnc2)n1. The molecule has 5 nitrogen and oxygen atoms in total. The van der Waals surface area contributed by atoms with Gasteiger partial charge in [-0.25, -0.2) is 15.0 Å². The summed E-state index contributed by atoms with van der Waals surface area (Å²) < 4.78 is 38.6. The van der Waals surface area contributed by atoms with Crippen LogP contribution in [0.15, 0.2) is 36.0 Å². The van der Waals surface area contributed by atoms with Gasteiger partial charge in [-0.05, 0) is 31.9 Å². The molecule has 1 atom stereocenters. The second kappa shape index (κ2) is 7.46. The number of nitrogens with zero attached hydrogens (tertiary/aromatic N) is 5. The Morgan fingerprint density at radius 3 is 2.79 bits per heavy atom. The largest absolute Gasteiger partial charge is 0.434 e. The fourth-order valence-electron chi connectivity index (χ4n) is 3.33. The Hall–Kier alpha value is -2.55. The minimum Gasteiger partial charge on any atom is -0.356 e. The van der Waals surface area contributed by atoms with Crippen molar-refractivity contribution in [1.82, 2.24) is 19.9 Å². The molecule has 1 aliphatic heterocycles. The molecule has 3 aromatic rings. The van der Waals surface area contributed by atoms with E-state index < -0.39 is 11.9 Å². The first-order valence-electron chi connectivity index (χ1n) is 8.94. The molecule has 28 heavy (non-hydrogen) atoms. The van der Waals surface area contributed by atoms with E-state index in [1.165, 1.54) is 0 Å². The van der Waals surface area contributed by atoms with E-state index in [0.29, 0.717) is 17.4 Å². The van der Waals surface area contributed by atoms with Crippen molar-refractivity contribution in [3.05, 3.63) is 52.4 Å². The number of aromatic nitrogens is 4. The molecule has 0 saturated carbocycles. The molecule has 1 saturated heterocycles. The number of pyridine rings is 1. The fraction of sp³-hybridized carbons (Fsp3) is 0.368. The van der Waals surface area contributed by atoms with Crippen molar-refractivity contribution in [2.24, 2.45) is 0 Å². The number of hydrogen-bond acceptors (Lipinski definition) is 6. The average molecular weight is 405 g/mol. The Balaban J connectivity index is 1.58. The van der Waals surface area contributed by atoms with E-state index in [1.54, 1.807) is 12.4 Å². The highest BCUT2D eigenvalue weighted by molar-refractivity contribution is 7.09. The standard InChI is InChI=1S/C19H18F3N5S/c1-12-8-16(26-17(24-12)13-4-2-6-23-9-13)27-7-3-5-14(10-27)18-25-15(11-28-18)19(20,21)22/h2,4,6,8-9,11,14H,3,5,7,10H2,1H3. The summed E-state index contributed by atoms with van der Waals surface area (Å²) in [6, 6.07) is 5.64. The maximum Gasteiger partial charge on any atom is 0.434 e. The summed E-state index contributed by atoms with van der Waals surface area (Å²) in [6.45, 7) is 3.30. The maximum atomic E-state index is 12.9. The van der Waals surface area contributed by atoms with Gasteiger partial charge < -0.3 is 4.90 Å². The molecule has 0 radical (unpaired) electrons. The molecule has 0 aliphatic carbocycles. The van der Waals surface area contributed by atoms with E-state index in [1.807, 2.05) is 25.1 Å². The summed E-state index contributed by atoms with van der Waals surface area (Å²) >= 11 is 1.08. The summed E-state index contributed by atoms with van der Waals surface area (Å²) in [7, 11) is 0. The minimum atomic E-state index is -4.40. The Bertz CT molecular complexity index is 958. The lowest BCUT2D eigenvalue weighted by Crippen LogP contribution is -2.35. The topological polar surface area (TPSA) is 54.8 Å². The highest BCUT2D eigenvalue weighted by Gasteiger charge is 2.35. The van der Waals surface area contributed by atoms with Crippen molar-refractivity contribution in [1.29, 1.82) is 0 Å². The van der Waals surface area contributed by atoms with Crippen LogP contribution in [0.4, 0.5) is 19.0 Å². The highest BCUT2D eigenvalue weighted by Crippen LogP contribution is 2.36. The molecular weight excluding hydrogens is 387 g/mol. The first kappa shape index (κ1) is 18.8. The van der Waals surface area contributed by atoms with E-state index in [-0.39, 0.29) is 5.92 Å². The van der Waals surface area contributed by atoms with Crippen LogP contribution < -0.4 is 4.90 Å². The molecule has 146 valence electrons. The molecule has 4 rings (SSSR count). The lowest BCUT2D eigenvalue weighted by atomic mass is 9.98. The zero-order valence-electron chi connectivity index (χ0n) is 15.1. The summed E-state index contributed by atoms with van der Waals surface area (Å²) in [5.41, 5.74) is 0.858. The number of aryl methyl sites for hydroxylation is 1. The molecule has 1 fully saturated rings. The lowest BCUT2D eigenvalue weighted by Gasteiger charge is -2.33. The van der Waals surface area contributed by atoms with Gasteiger partial charge in [0.1, 0.15) is 5.82 Å². The van der Waals surface area contributed by atoms with Gasteiger partial charge in [0.15, 0.2) is 11.5 Å². The van der Waals surface area contributed by atoms with E-state index >= 15 is 0 Å². The lowest BCUT2D eigenvalue weighted by molar-refractivity contribution is -0.140. The van der Waals surface area contributed by atoms with Crippen molar-refractivity contribution < 1.29 is 13.2 Å². The van der Waals surface area contributed by atoms with Crippen molar-refractivity contribution in [3.63, 3.8) is 0 Å². The molecule has 4 heterocycles. The van der Waals surface area contributed by atoms with Crippen molar-refractivity contribution in [2.75, 3.05) is 18.0 Å². The summed E-state index contributed by atoms with van der Waals surface area (Å²) in [6.07, 6.45) is 0.702. The van der Waals surface area contributed by atoms with Gasteiger partial charge in [0.05, 0.1) is 5.01 Å². The van der Waals surface area contributed by atoms with Gasteiger partial charge in [-0.1, -0.05) is 0 Å². The molecule has 1 aliphatic rings. The monoisotopic (exact) mass is 405 g/mol. The summed E-state index contributed by atoms with van der Waals surface area (Å²) in [4.78, 5) is 19.2. The molecule has 3 aromatic heterocycles. The van der Waals surface area contributed by atoms with E-state index in [4.69, 9.17) is 0 Å². The van der Waals surface area contributed by atoms with Gasteiger partial charge in [-0.15, -0.1) is 11.3 Å². The Labute approximate surface area is 164 Å². The maximum absolute atomic E-state index is 12.9.